The molecule has 0 bridgehead atoms. The van der Waals surface area contributed by atoms with Crippen LogP contribution in [0.3, 0.4) is 0 Å². The Kier molecular flexibility index (Phi) is 4.90. The molecule has 1 atom stereocenters. The van der Waals surface area contributed by atoms with E-state index in [4.69, 9.17) is 4.74 Å². The second kappa shape index (κ2) is 6.66. The van der Waals surface area contributed by atoms with Gasteiger partial charge in [-0.25, -0.2) is 4.98 Å². The lowest BCUT2D eigenvalue weighted by Crippen LogP contribution is -2.29. The standard InChI is InChI=1S/C13H22N4O/c1-3-14-7-11-8-15-9-13(16-11)17(2)10-12-5-4-6-18-12/h8-9,12,14H,3-7,10H2,1-2H3. The normalized spacial score (nSPS) is 19.1. The first-order valence-corrected chi connectivity index (χ1v) is 6.64. The number of nitrogens with one attached hydrogen (secondary N) is 1. The van der Waals surface area contributed by atoms with Crippen molar-refractivity contribution in [2.45, 2.75) is 32.4 Å². The summed E-state index contributed by atoms with van der Waals surface area (Å²) >= 11 is 0. The average Bonchev–Trinajstić information content (AvgIpc) is 2.89. The third-order valence-corrected chi connectivity index (χ3v) is 3.12. The minimum Gasteiger partial charge on any atom is -0.376 e. The van der Waals surface area contributed by atoms with E-state index in [9.17, 15) is 0 Å². The van der Waals surface area contributed by atoms with Crippen molar-refractivity contribution in [3.8, 4) is 0 Å². The van der Waals surface area contributed by atoms with Gasteiger partial charge in [0.15, 0.2) is 0 Å². The summed E-state index contributed by atoms with van der Waals surface area (Å²) in [5.41, 5.74) is 0.980. The summed E-state index contributed by atoms with van der Waals surface area (Å²) in [5.74, 6) is 0.918. The Bertz CT molecular complexity index is 366. The van der Waals surface area contributed by atoms with Crippen molar-refractivity contribution in [1.82, 2.24) is 15.3 Å². The predicted molar refractivity (Wildman–Crippen MR) is 71.7 cm³/mol. The van der Waals surface area contributed by atoms with Crippen LogP contribution in [0.5, 0.6) is 0 Å². The van der Waals surface area contributed by atoms with Crippen LogP contribution in [0.1, 0.15) is 25.5 Å². The molecule has 2 heterocycles. The highest BCUT2D eigenvalue weighted by Crippen LogP contribution is 2.15. The number of aromatic nitrogens is 2. The van der Waals surface area contributed by atoms with E-state index >= 15 is 0 Å². The van der Waals surface area contributed by atoms with Crippen molar-refractivity contribution >= 4 is 5.82 Å². The SMILES string of the molecule is CCNCc1cncc(N(C)CC2CCCO2)n1. The first-order valence-electron chi connectivity index (χ1n) is 6.64. The van der Waals surface area contributed by atoms with Crippen molar-refractivity contribution in [2.24, 2.45) is 0 Å². The molecule has 18 heavy (non-hydrogen) atoms. The molecular weight excluding hydrogens is 228 g/mol. The van der Waals surface area contributed by atoms with Gasteiger partial charge in [-0.05, 0) is 19.4 Å². The first-order chi connectivity index (χ1) is 8.79. The highest BCUT2D eigenvalue weighted by atomic mass is 16.5. The second-order valence-electron chi connectivity index (χ2n) is 4.66. The molecule has 1 fully saturated rings. The summed E-state index contributed by atoms with van der Waals surface area (Å²) in [4.78, 5) is 11.0. The summed E-state index contributed by atoms with van der Waals surface area (Å²) in [6.45, 7) is 5.58. The van der Waals surface area contributed by atoms with Crippen LogP contribution in [-0.4, -0.2) is 42.8 Å². The van der Waals surface area contributed by atoms with Crippen molar-refractivity contribution in [3.05, 3.63) is 18.1 Å². The molecule has 1 aliphatic heterocycles. The number of hydrogen-bond donors (Lipinski definition) is 1. The van der Waals surface area contributed by atoms with Gasteiger partial charge in [0.2, 0.25) is 0 Å². The van der Waals surface area contributed by atoms with Crippen LogP contribution in [0.25, 0.3) is 0 Å². The molecule has 100 valence electrons. The molecule has 0 amide bonds. The Morgan fingerprint density at radius 1 is 1.50 bits per heavy atom. The molecule has 1 N–H and O–H groups in total. The summed E-state index contributed by atoms with van der Waals surface area (Å²) < 4.78 is 5.64. The molecule has 0 aliphatic carbocycles. The molecular formula is C13H22N4O. The van der Waals surface area contributed by atoms with E-state index in [0.717, 1.165) is 44.2 Å². The smallest absolute Gasteiger partial charge is 0.147 e. The lowest BCUT2D eigenvalue weighted by atomic mass is 10.2. The van der Waals surface area contributed by atoms with Gasteiger partial charge in [-0.15, -0.1) is 0 Å². The van der Waals surface area contributed by atoms with E-state index in [1.165, 1.54) is 6.42 Å². The summed E-state index contributed by atoms with van der Waals surface area (Å²) in [7, 11) is 2.04. The zero-order valence-corrected chi connectivity index (χ0v) is 11.2. The molecule has 0 saturated carbocycles. The zero-order chi connectivity index (χ0) is 12.8. The Balaban J connectivity index is 1.93. The maximum atomic E-state index is 5.64. The number of rotatable bonds is 6. The Labute approximate surface area is 109 Å². The molecule has 1 aliphatic rings. The van der Waals surface area contributed by atoms with Gasteiger partial charge in [0.1, 0.15) is 5.82 Å². The van der Waals surface area contributed by atoms with Gasteiger partial charge in [-0.3, -0.25) is 4.98 Å². The van der Waals surface area contributed by atoms with Crippen molar-refractivity contribution in [3.63, 3.8) is 0 Å². The highest BCUT2D eigenvalue weighted by Gasteiger charge is 2.18. The van der Waals surface area contributed by atoms with Gasteiger partial charge in [0, 0.05) is 32.9 Å². The maximum absolute atomic E-state index is 5.64. The van der Waals surface area contributed by atoms with Gasteiger partial charge in [0.05, 0.1) is 18.0 Å². The van der Waals surface area contributed by atoms with E-state index in [-0.39, 0.29) is 0 Å². The lowest BCUT2D eigenvalue weighted by Gasteiger charge is -2.21. The molecule has 0 aromatic carbocycles. The summed E-state index contributed by atoms with van der Waals surface area (Å²) in [6, 6.07) is 0. The van der Waals surface area contributed by atoms with Gasteiger partial charge in [-0.2, -0.15) is 0 Å². The number of likely N-dealkylation sites (N-methyl/N-ethyl adjacent to an activating group) is 1. The summed E-state index contributed by atoms with van der Waals surface area (Å²) in [6.07, 6.45) is 6.28. The van der Waals surface area contributed by atoms with Crippen molar-refractivity contribution in [2.75, 3.05) is 31.6 Å². The van der Waals surface area contributed by atoms with Crippen LogP contribution in [0.4, 0.5) is 5.82 Å². The minimum atomic E-state index is 0.342. The Morgan fingerprint density at radius 3 is 3.11 bits per heavy atom. The molecule has 1 aromatic heterocycles. The van der Waals surface area contributed by atoms with E-state index < -0.39 is 0 Å². The van der Waals surface area contributed by atoms with E-state index in [2.05, 4.69) is 27.1 Å². The van der Waals surface area contributed by atoms with Crippen LogP contribution in [-0.2, 0) is 11.3 Å². The topological polar surface area (TPSA) is 50.3 Å². The quantitative estimate of drug-likeness (QED) is 0.822. The fourth-order valence-electron chi connectivity index (χ4n) is 2.10. The largest absolute Gasteiger partial charge is 0.376 e. The van der Waals surface area contributed by atoms with Crippen LogP contribution < -0.4 is 10.2 Å². The first kappa shape index (κ1) is 13.2. The van der Waals surface area contributed by atoms with Gasteiger partial charge >= 0.3 is 0 Å². The molecule has 1 aromatic rings. The van der Waals surface area contributed by atoms with Crippen LogP contribution in [0.15, 0.2) is 12.4 Å². The van der Waals surface area contributed by atoms with Gasteiger partial charge in [-0.1, -0.05) is 6.92 Å². The van der Waals surface area contributed by atoms with E-state index in [0.29, 0.717) is 6.10 Å². The number of nitrogens with zero attached hydrogens (tertiary/aromatic N) is 3. The monoisotopic (exact) mass is 250 g/mol. The third kappa shape index (κ3) is 3.65. The van der Waals surface area contributed by atoms with E-state index in [1.54, 1.807) is 0 Å². The fourth-order valence-corrected chi connectivity index (χ4v) is 2.10. The molecule has 2 rings (SSSR count). The zero-order valence-electron chi connectivity index (χ0n) is 11.2. The molecule has 1 saturated heterocycles. The predicted octanol–water partition coefficient (Wildman–Crippen LogP) is 1.20. The highest BCUT2D eigenvalue weighted by molar-refractivity contribution is 5.35. The lowest BCUT2D eigenvalue weighted by molar-refractivity contribution is 0.116. The molecule has 0 radical (unpaired) electrons. The maximum Gasteiger partial charge on any atom is 0.147 e. The number of anilines is 1. The Hall–Kier alpha value is -1.20. The van der Waals surface area contributed by atoms with Crippen LogP contribution >= 0.6 is 0 Å². The van der Waals surface area contributed by atoms with Gasteiger partial charge < -0.3 is 15.0 Å². The average molecular weight is 250 g/mol. The molecule has 5 heteroatoms. The van der Waals surface area contributed by atoms with Crippen LogP contribution in [0.2, 0.25) is 0 Å². The fraction of sp³-hybridized carbons (Fsp3) is 0.692. The van der Waals surface area contributed by atoms with E-state index in [1.807, 2.05) is 19.4 Å². The van der Waals surface area contributed by atoms with Crippen LogP contribution in [0, 0.1) is 0 Å². The number of ether oxygens (including phenoxy) is 1. The Morgan fingerprint density at radius 2 is 2.39 bits per heavy atom. The van der Waals surface area contributed by atoms with Crippen molar-refractivity contribution in [1.29, 1.82) is 0 Å². The minimum absolute atomic E-state index is 0.342. The molecule has 5 nitrogen and oxygen atoms in total. The number of hydrogen-bond acceptors (Lipinski definition) is 5. The van der Waals surface area contributed by atoms with Gasteiger partial charge in [0.25, 0.3) is 0 Å². The molecule has 0 spiro atoms. The second-order valence-corrected chi connectivity index (χ2v) is 4.66. The van der Waals surface area contributed by atoms with Crippen molar-refractivity contribution < 1.29 is 4.74 Å². The summed E-state index contributed by atoms with van der Waals surface area (Å²) in [5, 5.41) is 3.26. The third-order valence-electron chi connectivity index (χ3n) is 3.12. The molecule has 1 unspecified atom stereocenters.